The Morgan fingerprint density at radius 1 is 0.566 bits per heavy atom. The number of H-pyrrole nitrogens is 4. The highest BCUT2D eigenvalue weighted by Crippen LogP contribution is 2.28. The molecule has 2 aliphatic heterocycles. The second-order valence-corrected chi connectivity index (χ2v) is 33.3. The molecule has 7 aromatic rings. The van der Waals surface area contributed by atoms with Crippen LogP contribution in [-0.2, 0) is 107 Å². The first-order valence-corrected chi connectivity index (χ1v) is 43.1. The number of benzene rings is 3. The molecule has 0 radical (unpaired) electrons. The molecule has 2 fully saturated rings. The molecule has 2 saturated heterocycles. The van der Waals surface area contributed by atoms with Crippen molar-refractivity contribution in [3.05, 3.63) is 126 Å². The van der Waals surface area contributed by atoms with Crippen molar-refractivity contribution < 1.29 is 91.7 Å². The standard InChI is InChI=1S/C79H101N21O19S3/c1-6-38(2)65(98-78(118)66(39(3)101)99-74(114)53(25-42-32-85-49-18-11-8-15-46(42)49)89-68(108)51(21-23-120-5)88-40(4)102)77(117)97-60-36-122-121-35-59(76(116)95-58(79(119)100-22-13-20-61(100)67(82)107)26-43-33-86-50-19-12-9-16-47(43)50)96-73(113)57(30-64(105)106)94-70(110)54(27-44-34-83-37-87-44)91-69(109)52(24-41-31-84-48-17-10-7-14-45(41)48)90-71(111)55(28-62(80)103)92-72(112)56(29-63(81)104)93-75(60)115/h7-12,14-19,31-34,37-39,51-61,65-66,84-86,101H,6,13,20-30,35-36H2,1-5H3,(H2,80,103)(H2,81,104)(H2,82,107)(H,83,87)(H,88,102)(H,89,108)(H,90,111)(H,91,109)(H,92,112)(H,93,115)(H,94,110)(H,95,116)(H,96,113)(H,97,117)(H,98,118)(H,99,114)(H,105,106)/t38-,39+,51-,52-,53-,54-,55-,56-,57-,58-,59-,60-,61-,65-,66?/m0/s1. The average molecular weight is 1750 g/mol. The number of aliphatic hydroxyl groups excluding tert-OH is 1. The van der Waals surface area contributed by atoms with Gasteiger partial charge in [-0.15, -0.1) is 0 Å². The molecule has 2 aliphatic rings. The lowest BCUT2D eigenvalue weighted by Gasteiger charge is -2.30. The van der Waals surface area contributed by atoms with Crippen molar-refractivity contribution in [1.29, 1.82) is 0 Å². The molecule has 24 N–H and O–H groups in total. The van der Waals surface area contributed by atoms with E-state index in [4.69, 9.17) is 17.2 Å². The number of amides is 16. The van der Waals surface area contributed by atoms with Crippen LogP contribution in [0.25, 0.3) is 32.7 Å². The Morgan fingerprint density at radius 3 is 1.58 bits per heavy atom. The number of aliphatic hydroxyl groups is 1. The number of aromatic nitrogens is 5. The summed E-state index contributed by atoms with van der Waals surface area (Å²) in [6.07, 6.45) is 3.50. The number of imidazole rings is 1. The highest BCUT2D eigenvalue weighted by molar-refractivity contribution is 8.76. The summed E-state index contributed by atoms with van der Waals surface area (Å²) in [4.78, 5) is 261. The molecule has 0 aliphatic carbocycles. The maximum atomic E-state index is 15.4. The number of fused-ring (bicyclic) bond motifs is 3. The minimum Gasteiger partial charge on any atom is -0.481 e. The number of carbonyl (C=O) groups is 17. The van der Waals surface area contributed by atoms with Crippen LogP contribution in [0, 0.1) is 5.92 Å². The van der Waals surface area contributed by atoms with Gasteiger partial charge in [0.25, 0.3) is 0 Å². The Morgan fingerprint density at radius 2 is 1.06 bits per heavy atom. The van der Waals surface area contributed by atoms with E-state index in [0.717, 1.165) is 6.92 Å². The van der Waals surface area contributed by atoms with Gasteiger partial charge in [0.15, 0.2) is 0 Å². The van der Waals surface area contributed by atoms with E-state index in [0.29, 0.717) is 83.2 Å². The minimum atomic E-state index is -2.12. The van der Waals surface area contributed by atoms with Crippen LogP contribution < -0.4 is 81.0 Å². The number of nitrogens with one attached hydrogen (secondary N) is 16. The molecule has 40 nitrogen and oxygen atoms in total. The molecule has 3 aromatic carbocycles. The normalized spacial score (nSPS) is 20.9. The first-order valence-electron chi connectivity index (χ1n) is 39.2. The highest BCUT2D eigenvalue weighted by atomic mass is 33.1. The number of nitrogens with two attached hydrogens (primary N) is 3. The van der Waals surface area contributed by atoms with Crippen molar-refractivity contribution in [3.8, 4) is 0 Å². The number of carboxylic acid groups (broad SMARTS) is 1. The average Bonchev–Trinajstić information content (AvgIpc) is 1.68. The fourth-order valence-electron chi connectivity index (χ4n) is 14.1. The lowest BCUT2D eigenvalue weighted by atomic mass is 9.97. The molecular formula is C79H101N21O19S3. The smallest absolute Gasteiger partial charge is 0.305 e. The van der Waals surface area contributed by atoms with E-state index in [-0.39, 0.29) is 44.3 Å². The summed E-state index contributed by atoms with van der Waals surface area (Å²) in [6, 6.07) is -1.68. The number of hydrogen-bond donors (Lipinski definition) is 21. The molecule has 654 valence electrons. The third-order valence-electron chi connectivity index (χ3n) is 20.7. The Bertz CT molecular complexity index is 5000. The van der Waals surface area contributed by atoms with E-state index < -0.39 is 235 Å². The molecule has 6 heterocycles. The largest absolute Gasteiger partial charge is 0.481 e. The van der Waals surface area contributed by atoms with Gasteiger partial charge in [-0.2, -0.15) is 11.8 Å². The summed E-state index contributed by atoms with van der Waals surface area (Å²) < 4.78 is 0. The lowest BCUT2D eigenvalue weighted by molar-refractivity contribution is -0.142. The number of primary amides is 3. The molecule has 0 spiro atoms. The zero-order valence-corrected chi connectivity index (χ0v) is 69.7. The maximum absolute atomic E-state index is 15.4. The van der Waals surface area contributed by atoms with Gasteiger partial charge in [-0.3, -0.25) is 81.5 Å². The third kappa shape index (κ3) is 25.8. The van der Waals surface area contributed by atoms with Gasteiger partial charge in [0, 0.05) is 114 Å². The van der Waals surface area contributed by atoms with E-state index >= 15 is 24.0 Å². The number of thioether (sulfide) groups is 1. The zero-order valence-electron chi connectivity index (χ0n) is 67.3. The second kappa shape index (κ2) is 44.2. The van der Waals surface area contributed by atoms with Crippen LogP contribution in [0.4, 0.5) is 0 Å². The van der Waals surface area contributed by atoms with E-state index in [1.54, 1.807) is 98.4 Å². The molecule has 1 unspecified atom stereocenters. The van der Waals surface area contributed by atoms with E-state index in [1.807, 2.05) is 0 Å². The van der Waals surface area contributed by atoms with Gasteiger partial charge in [-0.1, -0.05) is 96.5 Å². The molecule has 122 heavy (non-hydrogen) atoms. The van der Waals surface area contributed by atoms with Crippen molar-refractivity contribution in [1.82, 2.24) is 93.6 Å². The number of likely N-dealkylation sites (tertiary alicyclic amines) is 1. The van der Waals surface area contributed by atoms with Crippen LogP contribution in [-0.4, -0.2) is 255 Å². The summed E-state index contributed by atoms with van der Waals surface area (Å²) in [5.41, 5.74) is 20.7. The van der Waals surface area contributed by atoms with Gasteiger partial charge in [0.2, 0.25) is 94.5 Å². The van der Waals surface area contributed by atoms with Gasteiger partial charge in [-0.05, 0) is 79.0 Å². The third-order valence-corrected chi connectivity index (χ3v) is 23.8. The van der Waals surface area contributed by atoms with Crippen LogP contribution in [0.3, 0.4) is 0 Å². The molecule has 0 saturated carbocycles. The van der Waals surface area contributed by atoms with Gasteiger partial charge < -0.3 is 116 Å². The summed E-state index contributed by atoms with van der Waals surface area (Å²) in [7, 11) is 1.41. The highest BCUT2D eigenvalue weighted by Gasteiger charge is 2.43. The SMILES string of the molecule is CC[C@H](C)[C@H](NC(=O)C(NC(=O)[C@H](Cc1c[nH]c2ccccc12)NC(=O)[C@H](CCSC)NC(C)=O)[C@@H](C)O)C(=O)N[C@H]1CSSC[C@@H](C(=O)N[C@@H](Cc2c[nH]c3ccccc23)C(=O)N2CCC[C@H]2C(N)=O)NC(=O)[C@H](CC(=O)O)NC(=O)[C@H](Cc2cnc[nH]2)NC(=O)[C@H](Cc2c[nH]c3ccccc23)NC(=O)[C@H](CC(N)=O)NC(=O)[C@H](CC(N)=O)NC1=O. The lowest BCUT2D eigenvalue weighted by Crippen LogP contribution is -2.63. The minimum absolute atomic E-state index is 0.0380. The summed E-state index contributed by atoms with van der Waals surface area (Å²) in [5.74, 6) is -20.8. The van der Waals surface area contributed by atoms with Crippen molar-refractivity contribution in [2.24, 2.45) is 23.1 Å². The molecule has 15 atom stereocenters. The van der Waals surface area contributed by atoms with Crippen molar-refractivity contribution in [3.63, 3.8) is 0 Å². The van der Waals surface area contributed by atoms with Gasteiger partial charge in [-0.25, -0.2) is 4.98 Å². The Balaban J connectivity index is 1.09. The molecule has 4 aromatic heterocycles. The molecule has 0 bridgehead atoms. The number of nitrogens with zero attached hydrogens (tertiary/aromatic N) is 2. The Hall–Kier alpha value is -12.5. The van der Waals surface area contributed by atoms with Crippen LogP contribution in [0.1, 0.15) is 95.0 Å². The van der Waals surface area contributed by atoms with E-state index in [9.17, 15) is 67.7 Å². The summed E-state index contributed by atoms with van der Waals surface area (Å²) in [5, 5.41) is 54.0. The number of para-hydroxylation sites is 3. The first-order chi connectivity index (χ1) is 58.2. The molecule has 16 amide bonds. The van der Waals surface area contributed by atoms with Crippen LogP contribution >= 0.6 is 33.3 Å². The van der Waals surface area contributed by atoms with E-state index in [1.165, 1.54) is 49.2 Å². The summed E-state index contributed by atoms with van der Waals surface area (Å²) in [6.45, 7) is 5.56. The van der Waals surface area contributed by atoms with Crippen molar-refractivity contribution in [2.75, 3.05) is 30.1 Å². The van der Waals surface area contributed by atoms with Crippen molar-refractivity contribution >= 4 is 167 Å². The number of carbonyl (C=O) groups excluding carboxylic acids is 16. The zero-order chi connectivity index (χ0) is 88.6. The fraction of sp³-hybridized carbons (Fsp3) is 0.443. The fourth-order valence-corrected chi connectivity index (χ4v) is 16.9. The molecule has 9 rings (SSSR count). The van der Waals surface area contributed by atoms with Gasteiger partial charge >= 0.3 is 5.97 Å². The number of aliphatic carboxylic acids is 1. The Labute approximate surface area is 710 Å². The monoisotopic (exact) mass is 1740 g/mol. The Kier molecular flexibility index (Phi) is 33.8. The predicted octanol–water partition coefficient (Wildman–Crippen LogP) is -2.76. The van der Waals surface area contributed by atoms with E-state index in [2.05, 4.69) is 88.7 Å². The second-order valence-electron chi connectivity index (χ2n) is 29.8. The predicted molar refractivity (Wildman–Crippen MR) is 450 cm³/mol. The van der Waals surface area contributed by atoms with Crippen LogP contribution in [0.2, 0.25) is 0 Å². The quantitative estimate of drug-likeness (QED) is 0.0185. The van der Waals surface area contributed by atoms with Crippen molar-refractivity contribution in [2.45, 2.75) is 183 Å². The van der Waals surface area contributed by atoms with Gasteiger partial charge in [0.1, 0.15) is 78.5 Å². The van der Waals surface area contributed by atoms with Crippen LogP contribution in [0.5, 0.6) is 0 Å². The molecular weight excluding hydrogens is 1640 g/mol. The maximum Gasteiger partial charge on any atom is 0.305 e. The number of hydrogen-bond acceptors (Lipinski definition) is 22. The van der Waals surface area contributed by atoms with Gasteiger partial charge in [0.05, 0.1) is 31.7 Å². The van der Waals surface area contributed by atoms with Crippen LogP contribution in [0.15, 0.2) is 104 Å². The number of rotatable bonds is 33. The molecule has 43 heteroatoms. The number of aromatic amines is 4. The summed E-state index contributed by atoms with van der Waals surface area (Å²) >= 11 is 1.40. The number of carboxylic acids is 1. The first kappa shape index (κ1) is 93.4. The topological polar surface area (TPSA) is 632 Å².